The SMILES string of the molecule is C[C@@H]1C[C@@H]2CCCC[C@H]2N1C(=O)c1ccc(=O)n(-c2ccccc2)n1. The van der Waals surface area contributed by atoms with Crippen LogP contribution in [0.25, 0.3) is 5.69 Å². The molecule has 2 heterocycles. The van der Waals surface area contributed by atoms with Gasteiger partial charge < -0.3 is 4.90 Å². The Hall–Kier alpha value is -2.43. The normalized spacial score (nSPS) is 25.6. The second-order valence-electron chi connectivity index (χ2n) is 7.21. The van der Waals surface area contributed by atoms with Crippen molar-refractivity contribution in [2.75, 3.05) is 0 Å². The fraction of sp³-hybridized carbons (Fsp3) is 0.450. The molecular formula is C20H23N3O2. The first-order chi connectivity index (χ1) is 12.1. The van der Waals surface area contributed by atoms with Gasteiger partial charge in [0.1, 0.15) is 5.69 Å². The lowest BCUT2D eigenvalue weighted by Gasteiger charge is -2.33. The van der Waals surface area contributed by atoms with Gasteiger partial charge in [-0.25, -0.2) is 0 Å². The van der Waals surface area contributed by atoms with E-state index in [1.165, 1.54) is 30.0 Å². The monoisotopic (exact) mass is 337 g/mol. The summed E-state index contributed by atoms with van der Waals surface area (Å²) in [6.45, 7) is 2.13. The molecule has 0 unspecified atom stereocenters. The molecule has 1 aliphatic carbocycles. The molecular weight excluding hydrogens is 314 g/mol. The molecule has 4 rings (SSSR count). The Labute approximate surface area is 147 Å². The first-order valence-corrected chi connectivity index (χ1v) is 9.13. The fourth-order valence-corrected chi connectivity index (χ4v) is 4.47. The summed E-state index contributed by atoms with van der Waals surface area (Å²) in [6.07, 6.45) is 5.84. The number of fused-ring (bicyclic) bond motifs is 1. The summed E-state index contributed by atoms with van der Waals surface area (Å²) in [4.78, 5) is 27.4. The Morgan fingerprint density at radius 2 is 1.84 bits per heavy atom. The molecule has 25 heavy (non-hydrogen) atoms. The Bertz CT molecular complexity index is 830. The van der Waals surface area contributed by atoms with Crippen LogP contribution in [-0.4, -0.2) is 32.7 Å². The van der Waals surface area contributed by atoms with Gasteiger partial charge in [0.15, 0.2) is 0 Å². The average molecular weight is 337 g/mol. The number of aromatic nitrogens is 2. The second kappa shape index (κ2) is 6.47. The van der Waals surface area contributed by atoms with Crippen LogP contribution in [-0.2, 0) is 0 Å². The fourth-order valence-electron chi connectivity index (χ4n) is 4.47. The van der Waals surface area contributed by atoms with Gasteiger partial charge in [0.2, 0.25) is 0 Å². The third-order valence-electron chi connectivity index (χ3n) is 5.60. The first kappa shape index (κ1) is 16.1. The molecule has 1 amide bonds. The van der Waals surface area contributed by atoms with Crippen molar-refractivity contribution in [1.82, 2.24) is 14.7 Å². The minimum absolute atomic E-state index is 0.0495. The number of rotatable bonds is 2. The van der Waals surface area contributed by atoms with E-state index in [9.17, 15) is 9.59 Å². The van der Waals surface area contributed by atoms with Gasteiger partial charge in [-0.05, 0) is 50.3 Å². The Balaban J connectivity index is 1.68. The third-order valence-corrected chi connectivity index (χ3v) is 5.60. The summed E-state index contributed by atoms with van der Waals surface area (Å²) < 4.78 is 1.31. The van der Waals surface area contributed by atoms with Crippen LogP contribution in [0, 0.1) is 5.92 Å². The highest BCUT2D eigenvalue weighted by Crippen LogP contribution is 2.40. The number of benzene rings is 1. The van der Waals surface area contributed by atoms with E-state index < -0.39 is 0 Å². The van der Waals surface area contributed by atoms with Crippen LogP contribution in [0.1, 0.15) is 49.5 Å². The summed E-state index contributed by atoms with van der Waals surface area (Å²) in [5.41, 5.74) is 0.793. The van der Waals surface area contributed by atoms with Crippen molar-refractivity contribution in [3.63, 3.8) is 0 Å². The molecule has 0 radical (unpaired) electrons. The highest BCUT2D eigenvalue weighted by atomic mass is 16.2. The molecule has 0 spiro atoms. The molecule has 0 bridgehead atoms. The Kier molecular flexibility index (Phi) is 4.15. The number of likely N-dealkylation sites (tertiary alicyclic amines) is 1. The standard InChI is InChI=1S/C20H23N3O2/c1-14-13-15-7-5-6-10-18(15)22(14)20(25)17-11-12-19(24)23(21-17)16-8-3-2-4-9-16/h2-4,8-9,11-12,14-15,18H,5-7,10,13H2,1H3/t14-,15+,18-/m1/s1. The van der Waals surface area contributed by atoms with Crippen molar-refractivity contribution >= 4 is 5.91 Å². The summed E-state index contributed by atoms with van der Waals surface area (Å²) in [5.74, 6) is 0.569. The maximum Gasteiger partial charge on any atom is 0.274 e. The maximum absolute atomic E-state index is 13.2. The topological polar surface area (TPSA) is 55.2 Å². The van der Waals surface area contributed by atoms with E-state index in [1.807, 2.05) is 35.2 Å². The van der Waals surface area contributed by atoms with Gasteiger partial charge in [-0.1, -0.05) is 31.0 Å². The van der Waals surface area contributed by atoms with Gasteiger partial charge >= 0.3 is 0 Å². The molecule has 5 heteroatoms. The van der Waals surface area contributed by atoms with Crippen LogP contribution >= 0.6 is 0 Å². The second-order valence-corrected chi connectivity index (χ2v) is 7.21. The summed E-state index contributed by atoms with van der Waals surface area (Å²) in [6, 6.07) is 12.8. The van der Waals surface area contributed by atoms with Crippen molar-refractivity contribution in [2.45, 2.75) is 51.1 Å². The number of hydrogen-bond donors (Lipinski definition) is 0. The van der Waals surface area contributed by atoms with Crippen LogP contribution in [0.3, 0.4) is 0 Å². The highest BCUT2D eigenvalue weighted by Gasteiger charge is 2.43. The molecule has 2 aromatic rings. The van der Waals surface area contributed by atoms with E-state index in [2.05, 4.69) is 12.0 Å². The largest absolute Gasteiger partial charge is 0.331 e. The number of carbonyl (C=O) groups excluding carboxylic acids is 1. The highest BCUT2D eigenvalue weighted by molar-refractivity contribution is 5.92. The summed E-state index contributed by atoms with van der Waals surface area (Å²) in [5, 5.41) is 4.37. The number of carbonyl (C=O) groups is 1. The average Bonchev–Trinajstić information content (AvgIpc) is 2.98. The first-order valence-electron chi connectivity index (χ1n) is 9.13. The lowest BCUT2D eigenvalue weighted by molar-refractivity contribution is 0.0625. The van der Waals surface area contributed by atoms with E-state index in [0.717, 1.165) is 12.8 Å². The molecule has 5 nitrogen and oxygen atoms in total. The molecule has 1 aliphatic heterocycles. The van der Waals surface area contributed by atoms with Gasteiger partial charge in [-0.15, -0.1) is 0 Å². The Morgan fingerprint density at radius 1 is 1.08 bits per heavy atom. The molecule has 1 saturated heterocycles. The number of hydrogen-bond acceptors (Lipinski definition) is 3. The van der Waals surface area contributed by atoms with E-state index >= 15 is 0 Å². The maximum atomic E-state index is 13.2. The van der Waals surface area contributed by atoms with Crippen molar-refractivity contribution in [3.8, 4) is 5.69 Å². The lowest BCUT2D eigenvalue weighted by atomic mass is 9.85. The molecule has 1 saturated carbocycles. The number of nitrogens with zero attached hydrogens (tertiary/aromatic N) is 3. The summed E-state index contributed by atoms with van der Waals surface area (Å²) >= 11 is 0. The molecule has 2 fully saturated rings. The van der Waals surface area contributed by atoms with Crippen LogP contribution in [0.15, 0.2) is 47.3 Å². The van der Waals surface area contributed by atoms with Crippen molar-refractivity contribution in [3.05, 3.63) is 58.5 Å². The van der Waals surface area contributed by atoms with Gasteiger partial charge in [0, 0.05) is 18.2 Å². The van der Waals surface area contributed by atoms with Gasteiger partial charge in [-0.2, -0.15) is 9.78 Å². The predicted molar refractivity (Wildman–Crippen MR) is 95.8 cm³/mol. The predicted octanol–water partition coefficient (Wildman–Crippen LogP) is 3.03. The lowest BCUT2D eigenvalue weighted by Crippen LogP contribution is -2.43. The molecule has 1 aromatic heterocycles. The van der Waals surface area contributed by atoms with E-state index in [4.69, 9.17) is 0 Å². The third kappa shape index (κ3) is 2.88. The van der Waals surface area contributed by atoms with E-state index in [0.29, 0.717) is 23.3 Å². The molecule has 1 aromatic carbocycles. The van der Waals surface area contributed by atoms with Crippen molar-refractivity contribution in [1.29, 1.82) is 0 Å². The van der Waals surface area contributed by atoms with Crippen LogP contribution in [0.5, 0.6) is 0 Å². The van der Waals surface area contributed by atoms with Crippen molar-refractivity contribution < 1.29 is 4.79 Å². The van der Waals surface area contributed by atoms with Crippen LogP contribution in [0.2, 0.25) is 0 Å². The minimum Gasteiger partial charge on any atom is -0.331 e. The molecule has 130 valence electrons. The van der Waals surface area contributed by atoms with Gasteiger partial charge in [0.25, 0.3) is 11.5 Å². The number of para-hydroxylation sites is 1. The van der Waals surface area contributed by atoms with Gasteiger partial charge in [-0.3, -0.25) is 9.59 Å². The zero-order valence-corrected chi connectivity index (χ0v) is 14.5. The quantitative estimate of drug-likeness (QED) is 0.846. The van der Waals surface area contributed by atoms with Gasteiger partial charge in [0.05, 0.1) is 5.69 Å². The number of amides is 1. The molecule has 2 aliphatic rings. The zero-order valence-electron chi connectivity index (χ0n) is 14.5. The van der Waals surface area contributed by atoms with Crippen LogP contribution < -0.4 is 5.56 Å². The molecule has 3 atom stereocenters. The zero-order chi connectivity index (χ0) is 17.4. The minimum atomic E-state index is -0.229. The smallest absolute Gasteiger partial charge is 0.274 e. The van der Waals surface area contributed by atoms with Crippen LogP contribution in [0.4, 0.5) is 0 Å². The molecule has 0 N–H and O–H groups in total. The van der Waals surface area contributed by atoms with Crippen molar-refractivity contribution in [2.24, 2.45) is 5.92 Å². The Morgan fingerprint density at radius 3 is 2.64 bits per heavy atom. The summed E-state index contributed by atoms with van der Waals surface area (Å²) in [7, 11) is 0. The van der Waals surface area contributed by atoms with E-state index in [-0.39, 0.29) is 17.5 Å². The van der Waals surface area contributed by atoms with E-state index in [1.54, 1.807) is 6.07 Å².